The van der Waals surface area contributed by atoms with Crippen LogP contribution < -0.4 is 5.32 Å². The van der Waals surface area contributed by atoms with E-state index >= 15 is 0 Å². The van der Waals surface area contributed by atoms with Gasteiger partial charge < -0.3 is 10.1 Å². The molecule has 1 aliphatic heterocycles. The van der Waals surface area contributed by atoms with Crippen LogP contribution in [-0.2, 0) is 20.7 Å². The molecule has 0 saturated carbocycles. The van der Waals surface area contributed by atoms with E-state index in [1.54, 1.807) is 0 Å². The van der Waals surface area contributed by atoms with Crippen molar-refractivity contribution in [3.8, 4) is 0 Å². The molecule has 0 atom stereocenters. The molecule has 0 aliphatic carbocycles. The summed E-state index contributed by atoms with van der Waals surface area (Å²) < 4.78 is 5.00. The molecule has 0 radical (unpaired) electrons. The van der Waals surface area contributed by atoms with Crippen LogP contribution in [0.1, 0.15) is 29.5 Å². The number of ether oxygens (including phenoxy) is 1. The molecular formula is C19H28ClN3O3. The van der Waals surface area contributed by atoms with E-state index in [-0.39, 0.29) is 18.3 Å². The van der Waals surface area contributed by atoms with Gasteiger partial charge in [-0.3, -0.25) is 4.79 Å². The molecule has 1 aromatic carbocycles. The first-order valence-electron chi connectivity index (χ1n) is 8.76. The maximum Gasteiger partial charge on any atom is 0.331 e. The topological polar surface area (TPSA) is 61.9 Å². The van der Waals surface area contributed by atoms with Gasteiger partial charge in [-0.1, -0.05) is 11.6 Å². The number of carbonyl (C=O) groups is 2. The van der Waals surface area contributed by atoms with Crippen LogP contribution in [0.3, 0.4) is 0 Å². The minimum Gasteiger partial charge on any atom is -0.467 e. The average molecular weight is 382 g/mol. The van der Waals surface area contributed by atoms with Crippen molar-refractivity contribution < 1.29 is 14.3 Å². The SMILES string of the molecule is COC(=O)C1(NC(=O)Cc2c(C)cc(Cl)cc2C)CCN(N(C)C)CC1. The fraction of sp³-hybridized carbons (Fsp3) is 0.579. The highest BCUT2D eigenvalue weighted by Gasteiger charge is 2.44. The van der Waals surface area contributed by atoms with Crippen molar-refractivity contribution in [1.82, 2.24) is 15.3 Å². The Morgan fingerprint density at radius 1 is 1.23 bits per heavy atom. The Labute approximate surface area is 160 Å². The van der Waals surface area contributed by atoms with Crippen molar-refractivity contribution in [3.05, 3.63) is 33.8 Å². The maximum absolute atomic E-state index is 12.7. The van der Waals surface area contributed by atoms with E-state index in [4.69, 9.17) is 16.3 Å². The van der Waals surface area contributed by atoms with Crippen molar-refractivity contribution in [2.45, 2.75) is 38.6 Å². The van der Waals surface area contributed by atoms with Crippen LogP contribution >= 0.6 is 11.6 Å². The molecular weight excluding hydrogens is 354 g/mol. The molecule has 1 amide bonds. The lowest BCUT2D eigenvalue weighted by molar-refractivity contribution is -0.155. The number of nitrogens with zero attached hydrogens (tertiary/aromatic N) is 2. The number of methoxy groups -OCH3 is 1. The van der Waals surface area contributed by atoms with Gasteiger partial charge in [0.05, 0.1) is 13.5 Å². The molecule has 26 heavy (non-hydrogen) atoms. The van der Waals surface area contributed by atoms with Crippen LogP contribution in [0.4, 0.5) is 0 Å². The minimum absolute atomic E-state index is 0.178. The number of hydrazine groups is 1. The third-order valence-corrected chi connectivity index (χ3v) is 5.33. The molecule has 1 fully saturated rings. The van der Waals surface area contributed by atoms with Gasteiger partial charge in [0.1, 0.15) is 5.54 Å². The van der Waals surface area contributed by atoms with Crippen molar-refractivity contribution in [2.24, 2.45) is 0 Å². The second kappa shape index (κ2) is 8.37. The van der Waals surface area contributed by atoms with Gasteiger partial charge in [-0.25, -0.2) is 14.8 Å². The number of aryl methyl sites for hydroxylation is 2. The van der Waals surface area contributed by atoms with Crippen molar-refractivity contribution in [2.75, 3.05) is 34.3 Å². The monoisotopic (exact) mass is 381 g/mol. The lowest BCUT2D eigenvalue weighted by atomic mass is 9.87. The van der Waals surface area contributed by atoms with E-state index in [2.05, 4.69) is 10.3 Å². The van der Waals surface area contributed by atoms with E-state index in [0.717, 1.165) is 16.7 Å². The van der Waals surface area contributed by atoms with Crippen molar-refractivity contribution in [1.29, 1.82) is 0 Å². The number of halogens is 1. The summed E-state index contributed by atoms with van der Waals surface area (Å²) in [5, 5.41) is 7.77. The maximum atomic E-state index is 12.7. The summed E-state index contributed by atoms with van der Waals surface area (Å²) >= 11 is 6.07. The summed E-state index contributed by atoms with van der Waals surface area (Å²) in [6.07, 6.45) is 1.25. The number of carbonyl (C=O) groups excluding carboxylic acids is 2. The first-order chi connectivity index (χ1) is 12.2. The zero-order valence-corrected chi connectivity index (χ0v) is 16.9. The smallest absolute Gasteiger partial charge is 0.331 e. The Kier molecular flexibility index (Phi) is 6.66. The first kappa shape index (κ1) is 20.7. The van der Waals surface area contributed by atoms with Gasteiger partial charge >= 0.3 is 5.97 Å². The summed E-state index contributed by atoms with van der Waals surface area (Å²) in [7, 11) is 5.30. The summed E-state index contributed by atoms with van der Waals surface area (Å²) in [6.45, 7) is 5.24. The second-order valence-electron chi connectivity index (χ2n) is 7.12. The Morgan fingerprint density at radius 2 is 1.77 bits per heavy atom. The molecule has 0 unspecified atom stereocenters. The van der Waals surface area contributed by atoms with Crippen LogP contribution in [0.5, 0.6) is 0 Å². The number of nitrogens with one attached hydrogen (secondary N) is 1. The minimum atomic E-state index is -0.966. The van der Waals surface area contributed by atoms with Gasteiger partial charge in [0.15, 0.2) is 0 Å². The van der Waals surface area contributed by atoms with Crippen LogP contribution in [0.25, 0.3) is 0 Å². The summed E-state index contributed by atoms with van der Waals surface area (Å²) in [5.74, 6) is -0.559. The number of rotatable bonds is 5. The Morgan fingerprint density at radius 3 is 2.23 bits per heavy atom. The predicted molar refractivity (Wildman–Crippen MR) is 102 cm³/mol. The van der Waals surface area contributed by atoms with Crippen LogP contribution in [-0.4, -0.2) is 61.7 Å². The standard InChI is InChI=1S/C19H28ClN3O3/c1-13-10-15(20)11-14(2)16(13)12-17(24)21-19(18(25)26-5)6-8-23(9-7-19)22(3)4/h10-11H,6-9,12H2,1-5H3,(H,21,24). The first-order valence-corrected chi connectivity index (χ1v) is 9.13. The quantitative estimate of drug-likeness (QED) is 0.791. The van der Waals surface area contributed by atoms with Crippen LogP contribution in [0, 0.1) is 13.8 Å². The van der Waals surface area contributed by atoms with Gasteiger partial charge in [-0.2, -0.15) is 0 Å². The molecule has 6 nitrogen and oxygen atoms in total. The number of hydrogen-bond acceptors (Lipinski definition) is 5. The average Bonchev–Trinajstić information content (AvgIpc) is 2.57. The summed E-state index contributed by atoms with van der Waals surface area (Å²) in [4.78, 5) is 25.2. The van der Waals surface area contributed by atoms with Gasteiger partial charge in [0.25, 0.3) is 0 Å². The number of esters is 1. The second-order valence-corrected chi connectivity index (χ2v) is 7.55. The Balaban J connectivity index is 2.14. The van der Waals surface area contributed by atoms with E-state index in [1.165, 1.54) is 7.11 Å². The molecule has 1 aliphatic rings. The highest BCUT2D eigenvalue weighted by molar-refractivity contribution is 6.30. The molecule has 2 rings (SSSR count). The molecule has 1 heterocycles. The number of piperidine rings is 1. The van der Waals surface area contributed by atoms with Crippen molar-refractivity contribution >= 4 is 23.5 Å². The van der Waals surface area contributed by atoms with Gasteiger partial charge in [0, 0.05) is 32.2 Å². The van der Waals surface area contributed by atoms with E-state index < -0.39 is 5.54 Å². The molecule has 1 N–H and O–H groups in total. The molecule has 0 bridgehead atoms. The summed E-state index contributed by atoms with van der Waals surface area (Å²) in [5.41, 5.74) is 1.92. The Hall–Kier alpha value is -1.63. The van der Waals surface area contributed by atoms with Crippen LogP contribution in [0.15, 0.2) is 12.1 Å². The molecule has 144 valence electrons. The van der Waals surface area contributed by atoms with E-state index in [0.29, 0.717) is 31.0 Å². The fourth-order valence-electron chi connectivity index (χ4n) is 3.54. The van der Waals surface area contributed by atoms with Gasteiger partial charge in [0.2, 0.25) is 5.91 Å². The van der Waals surface area contributed by atoms with Gasteiger partial charge in [-0.05, 0) is 55.5 Å². The lowest BCUT2D eigenvalue weighted by Gasteiger charge is -2.42. The number of amides is 1. The number of benzene rings is 1. The largest absolute Gasteiger partial charge is 0.467 e. The molecule has 7 heteroatoms. The molecule has 0 aromatic heterocycles. The predicted octanol–water partition coefficient (Wildman–Crippen LogP) is 2.10. The van der Waals surface area contributed by atoms with E-state index in [1.807, 2.05) is 45.1 Å². The third kappa shape index (κ3) is 4.55. The third-order valence-electron chi connectivity index (χ3n) is 5.11. The molecule has 0 spiro atoms. The highest BCUT2D eigenvalue weighted by Crippen LogP contribution is 2.26. The van der Waals surface area contributed by atoms with E-state index in [9.17, 15) is 9.59 Å². The van der Waals surface area contributed by atoms with Gasteiger partial charge in [-0.15, -0.1) is 0 Å². The van der Waals surface area contributed by atoms with Crippen molar-refractivity contribution in [3.63, 3.8) is 0 Å². The Bertz CT molecular complexity index is 660. The zero-order chi connectivity index (χ0) is 19.5. The van der Waals surface area contributed by atoms with Crippen LogP contribution in [0.2, 0.25) is 5.02 Å². The molecule has 1 saturated heterocycles. The zero-order valence-electron chi connectivity index (χ0n) is 16.2. The number of hydrogen-bond donors (Lipinski definition) is 1. The highest BCUT2D eigenvalue weighted by atomic mass is 35.5. The summed E-state index contributed by atoms with van der Waals surface area (Å²) in [6, 6.07) is 3.70. The fourth-order valence-corrected chi connectivity index (χ4v) is 3.87. The lowest BCUT2D eigenvalue weighted by Crippen LogP contribution is -2.62. The normalized spacial score (nSPS) is 17.2. The molecule has 1 aromatic rings.